The van der Waals surface area contributed by atoms with Gasteiger partial charge in [-0.2, -0.15) is 0 Å². The zero-order valence-corrected chi connectivity index (χ0v) is 13.0. The molecule has 3 aromatic rings. The van der Waals surface area contributed by atoms with Crippen LogP contribution in [0.1, 0.15) is 18.9 Å². The highest BCUT2D eigenvalue weighted by Gasteiger charge is 2.34. The Kier molecular flexibility index (Phi) is 2.98. The van der Waals surface area contributed by atoms with Gasteiger partial charge >= 0.3 is 0 Å². The van der Waals surface area contributed by atoms with Gasteiger partial charge in [0, 0.05) is 17.6 Å². The number of aromatic amines is 1. The van der Waals surface area contributed by atoms with Gasteiger partial charge in [0.1, 0.15) is 11.2 Å². The predicted octanol–water partition coefficient (Wildman–Crippen LogP) is 1.41. The molecule has 0 atom stereocenters. The van der Waals surface area contributed by atoms with Gasteiger partial charge in [0.15, 0.2) is 0 Å². The normalized spacial score (nSPS) is 22.2. The molecule has 0 spiro atoms. The van der Waals surface area contributed by atoms with E-state index in [2.05, 4.69) is 24.2 Å². The van der Waals surface area contributed by atoms with E-state index in [0.29, 0.717) is 6.04 Å². The first kappa shape index (κ1) is 13.7. The highest BCUT2D eigenvalue weighted by molar-refractivity contribution is 7.89. The summed E-state index contributed by atoms with van der Waals surface area (Å²) in [5.41, 5.74) is 2.80. The molecule has 1 fully saturated rings. The Morgan fingerprint density at radius 2 is 2.23 bits per heavy atom. The van der Waals surface area contributed by atoms with Crippen LogP contribution in [0.15, 0.2) is 24.8 Å². The molecule has 0 radical (unpaired) electrons. The van der Waals surface area contributed by atoms with E-state index in [1.807, 2.05) is 18.6 Å². The lowest BCUT2D eigenvalue weighted by molar-refractivity contribution is 0.222. The maximum absolute atomic E-state index is 11.6. The van der Waals surface area contributed by atoms with Crippen molar-refractivity contribution in [3.63, 3.8) is 0 Å². The first-order valence-corrected chi connectivity index (χ1v) is 8.92. The van der Waals surface area contributed by atoms with Crippen molar-refractivity contribution >= 4 is 32.1 Å². The fourth-order valence-corrected chi connectivity index (χ4v) is 4.32. The lowest BCUT2D eigenvalue weighted by atomic mass is 9.81. The van der Waals surface area contributed by atoms with E-state index in [1.165, 1.54) is 7.05 Å². The largest absolute Gasteiger partial charge is 0.346 e. The van der Waals surface area contributed by atoms with Crippen LogP contribution in [0.5, 0.6) is 0 Å². The number of aromatic nitrogens is 4. The minimum Gasteiger partial charge on any atom is -0.346 e. The number of nitrogens with zero attached hydrogens (tertiary/aromatic N) is 3. The summed E-state index contributed by atoms with van der Waals surface area (Å²) in [7, 11) is -1.67. The molecule has 8 heteroatoms. The summed E-state index contributed by atoms with van der Waals surface area (Å²) in [6.45, 7) is 0. The second kappa shape index (κ2) is 4.79. The highest BCUT2D eigenvalue weighted by Crippen LogP contribution is 2.40. The molecule has 0 saturated heterocycles. The molecule has 0 aliphatic heterocycles. The fourth-order valence-electron chi connectivity index (χ4n) is 3.27. The van der Waals surface area contributed by atoms with Gasteiger partial charge in [-0.1, -0.05) is 0 Å². The third-order valence-electron chi connectivity index (χ3n) is 4.49. The summed E-state index contributed by atoms with van der Waals surface area (Å²) >= 11 is 0. The Bertz CT molecular complexity index is 937. The maximum Gasteiger partial charge on any atom is 0.211 e. The van der Waals surface area contributed by atoms with Crippen LogP contribution in [0.2, 0.25) is 0 Å². The molecule has 1 aliphatic rings. The molecular weight excluding hydrogens is 302 g/mol. The van der Waals surface area contributed by atoms with Crippen molar-refractivity contribution in [2.45, 2.75) is 18.9 Å². The monoisotopic (exact) mass is 319 g/mol. The number of H-pyrrole nitrogens is 1. The van der Waals surface area contributed by atoms with Crippen molar-refractivity contribution in [1.29, 1.82) is 0 Å². The van der Waals surface area contributed by atoms with Crippen LogP contribution in [0, 0.1) is 5.92 Å². The zero-order valence-electron chi connectivity index (χ0n) is 12.2. The van der Waals surface area contributed by atoms with E-state index in [-0.39, 0.29) is 11.7 Å². The van der Waals surface area contributed by atoms with Gasteiger partial charge in [0.05, 0.1) is 23.8 Å². The maximum atomic E-state index is 11.6. The molecule has 0 amide bonds. The molecule has 22 heavy (non-hydrogen) atoms. The minimum atomic E-state index is -3.13. The Hall–Kier alpha value is -1.93. The summed E-state index contributed by atoms with van der Waals surface area (Å²) < 4.78 is 27.8. The quantitative estimate of drug-likeness (QED) is 0.760. The van der Waals surface area contributed by atoms with Crippen molar-refractivity contribution in [1.82, 2.24) is 24.2 Å². The van der Waals surface area contributed by atoms with Gasteiger partial charge in [0.2, 0.25) is 10.0 Å². The van der Waals surface area contributed by atoms with Crippen LogP contribution in [0.4, 0.5) is 0 Å². The minimum absolute atomic E-state index is 0.202. The van der Waals surface area contributed by atoms with Gasteiger partial charge in [-0.05, 0) is 31.9 Å². The third-order valence-corrected chi connectivity index (χ3v) is 6.02. The molecule has 3 heterocycles. The molecule has 0 unspecified atom stereocenters. The van der Waals surface area contributed by atoms with Gasteiger partial charge < -0.3 is 9.55 Å². The van der Waals surface area contributed by atoms with Crippen LogP contribution in [0.3, 0.4) is 0 Å². The second-order valence-electron chi connectivity index (χ2n) is 5.86. The third kappa shape index (κ3) is 2.10. The van der Waals surface area contributed by atoms with Crippen LogP contribution in [0.25, 0.3) is 22.1 Å². The molecule has 0 aromatic carbocycles. The second-order valence-corrected chi connectivity index (χ2v) is 7.83. The van der Waals surface area contributed by atoms with Crippen molar-refractivity contribution in [3.05, 3.63) is 24.8 Å². The number of pyridine rings is 1. The SMILES string of the molecule is CNS(=O)(=O)CC1CC(n2cnc3cnc4[nH]ccc4c32)C1. The summed E-state index contributed by atoms with van der Waals surface area (Å²) in [6.07, 6.45) is 7.21. The summed E-state index contributed by atoms with van der Waals surface area (Å²) in [6, 6.07) is 2.31. The molecule has 2 N–H and O–H groups in total. The van der Waals surface area contributed by atoms with E-state index in [4.69, 9.17) is 0 Å². The van der Waals surface area contributed by atoms with Gasteiger partial charge in [-0.15, -0.1) is 0 Å². The lowest BCUT2D eigenvalue weighted by Gasteiger charge is -2.36. The van der Waals surface area contributed by atoms with Gasteiger partial charge in [-0.25, -0.2) is 23.1 Å². The zero-order chi connectivity index (χ0) is 15.3. The number of hydrogen-bond donors (Lipinski definition) is 2. The molecule has 0 bridgehead atoms. The first-order chi connectivity index (χ1) is 10.6. The highest BCUT2D eigenvalue weighted by atomic mass is 32.2. The van der Waals surface area contributed by atoms with Crippen molar-refractivity contribution in [2.24, 2.45) is 5.92 Å². The van der Waals surface area contributed by atoms with Gasteiger partial charge in [-0.3, -0.25) is 0 Å². The summed E-state index contributed by atoms with van der Waals surface area (Å²) in [5, 5.41) is 1.06. The Morgan fingerprint density at radius 3 is 3.00 bits per heavy atom. The molecule has 7 nitrogen and oxygen atoms in total. The van der Waals surface area contributed by atoms with E-state index in [1.54, 1.807) is 6.20 Å². The summed E-state index contributed by atoms with van der Waals surface area (Å²) in [4.78, 5) is 11.9. The van der Waals surface area contributed by atoms with Gasteiger partial charge in [0.25, 0.3) is 0 Å². The molecular formula is C14H17N5O2S. The molecule has 4 rings (SSSR count). The number of nitrogens with one attached hydrogen (secondary N) is 2. The Balaban J connectivity index is 1.62. The Morgan fingerprint density at radius 1 is 1.41 bits per heavy atom. The van der Waals surface area contributed by atoms with Crippen LogP contribution in [-0.2, 0) is 10.0 Å². The number of imidazole rings is 1. The molecule has 3 aromatic heterocycles. The average Bonchev–Trinajstić information content (AvgIpc) is 3.08. The van der Waals surface area contributed by atoms with Crippen LogP contribution < -0.4 is 4.72 Å². The van der Waals surface area contributed by atoms with Crippen LogP contribution >= 0.6 is 0 Å². The molecule has 1 aliphatic carbocycles. The smallest absolute Gasteiger partial charge is 0.211 e. The number of hydrogen-bond acceptors (Lipinski definition) is 4. The van der Waals surface area contributed by atoms with Crippen molar-refractivity contribution in [2.75, 3.05) is 12.8 Å². The molecule has 116 valence electrons. The number of fused-ring (bicyclic) bond motifs is 3. The Labute approximate surface area is 127 Å². The van der Waals surface area contributed by atoms with Crippen molar-refractivity contribution < 1.29 is 8.42 Å². The number of rotatable bonds is 4. The van der Waals surface area contributed by atoms with Crippen LogP contribution in [-0.4, -0.2) is 40.7 Å². The fraction of sp³-hybridized carbons (Fsp3) is 0.429. The van der Waals surface area contributed by atoms with Crippen molar-refractivity contribution in [3.8, 4) is 0 Å². The standard InChI is InChI=1S/C14H17N5O2S/c1-15-22(20,21)7-9-4-10(5-9)19-8-18-12-6-17-14-11(13(12)19)2-3-16-14/h2-3,6,8-10,15H,4-5,7H2,1H3,(H,16,17). The number of sulfonamides is 1. The summed E-state index contributed by atoms with van der Waals surface area (Å²) in [5.74, 6) is 0.414. The topological polar surface area (TPSA) is 92.7 Å². The van der Waals surface area contributed by atoms with E-state index < -0.39 is 10.0 Å². The first-order valence-electron chi connectivity index (χ1n) is 7.27. The predicted molar refractivity (Wildman–Crippen MR) is 84.0 cm³/mol. The lowest BCUT2D eigenvalue weighted by Crippen LogP contribution is -2.35. The van der Waals surface area contributed by atoms with E-state index >= 15 is 0 Å². The average molecular weight is 319 g/mol. The van der Waals surface area contributed by atoms with E-state index in [0.717, 1.165) is 34.9 Å². The van der Waals surface area contributed by atoms with E-state index in [9.17, 15) is 8.42 Å². The molecule has 1 saturated carbocycles.